The van der Waals surface area contributed by atoms with Crippen molar-refractivity contribution in [2.24, 2.45) is 0 Å². The number of hydrogen-bond donors (Lipinski definition) is 1. The predicted octanol–water partition coefficient (Wildman–Crippen LogP) is 0.634. The molecule has 0 amide bonds. The number of carbonyl (C=O) groups excluding carboxylic acids is 1. The van der Waals surface area contributed by atoms with Gasteiger partial charge in [0.2, 0.25) is 0 Å². The van der Waals surface area contributed by atoms with Crippen LogP contribution in [-0.4, -0.2) is 43.2 Å². The molecular formula is C13H19NO3. The van der Waals surface area contributed by atoms with Crippen LogP contribution in [0.1, 0.15) is 10.4 Å². The first-order chi connectivity index (χ1) is 7.78. The molecule has 0 unspecified atom stereocenters. The van der Waals surface area contributed by atoms with E-state index in [4.69, 9.17) is 5.11 Å². The first-order valence-electron chi connectivity index (χ1n) is 5.18. The zero-order valence-corrected chi connectivity index (χ0v) is 10.5. The van der Waals surface area contributed by atoms with Crippen LogP contribution in [0.2, 0.25) is 0 Å². The highest BCUT2D eigenvalue weighted by Crippen LogP contribution is 2.13. The minimum absolute atomic E-state index is 0.178. The molecule has 0 bridgehead atoms. The molecule has 1 rings (SSSR count). The summed E-state index contributed by atoms with van der Waals surface area (Å²) in [5.41, 5.74) is -0.178. The van der Waals surface area contributed by atoms with Gasteiger partial charge < -0.3 is 19.5 Å². The van der Waals surface area contributed by atoms with Gasteiger partial charge in [0.1, 0.15) is 5.75 Å². The first-order valence-corrected chi connectivity index (χ1v) is 5.18. The largest absolute Gasteiger partial charge is 0.545 e. The van der Waals surface area contributed by atoms with E-state index in [1.807, 2.05) is 6.08 Å². The summed E-state index contributed by atoms with van der Waals surface area (Å²) in [4.78, 5) is 10.2. The van der Waals surface area contributed by atoms with E-state index in [0.29, 0.717) is 0 Å². The number of nitrogens with zero attached hydrogens (tertiary/aromatic N) is 1. The lowest BCUT2D eigenvalue weighted by Crippen LogP contribution is -2.33. The first kappa shape index (κ1) is 15.2. The van der Waals surface area contributed by atoms with Crippen LogP contribution in [-0.2, 0) is 0 Å². The molecule has 0 atom stereocenters. The maximum atomic E-state index is 10.2. The Bertz CT molecular complexity index is 380. The fourth-order valence-corrected chi connectivity index (χ4v) is 1.03. The van der Waals surface area contributed by atoms with Crippen LogP contribution in [0.25, 0.3) is 0 Å². The molecule has 0 spiro atoms. The Hall–Kier alpha value is -1.81. The zero-order valence-electron chi connectivity index (χ0n) is 10.5. The highest BCUT2D eigenvalue weighted by Gasteiger charge is 1.99. The molecule has 0 saturated heterocycles. The smallest absolute Gasteiger partial charge is 0.124 e. The number of benzene rings is 1. The summed E-state index contributed by atoms with van der Waals surface area (Å²) in [6.45, 7) is 4.67. The highest BCUT2D eigenvalue weighted by molar-refractivity contribution is 5.88. The van der Waals surface area contributed by atoms with Gasteiger partial charge in [-0.15, -0.1) is 0 Å². The Morgan fingerprint density at radius 1 is 1.41 bits per heavy atom. The van der Waals surface area contributed by atoms with E-state index >= 15 is 0 Å². The van der Waals surface area contributed by atoms with Gasteiger partial charge in [0.05, 0.1) is 33.7 Å². The van der Waals surface area contributed by atoms with Gasteiger partial charge in [-0.25, -0.2) is 0 Å². The number of phenols is 1. The summed E-state index contributed by atoms with van der Waals surface area (Å²) >= 11 is 0. The summed E-state index contributed by atoms with van der Waals surface area (Å²) in [6.07, 6.45) is 1.93. The second-order valence-electron chi connectivity index (χ2n) is 4.57. The standard InChI is InChI=1S/C7H6O3.C6H14N/c8-6-4-2-1-3-5(6)7(9)10;1-5-6-7(2,3)4/h1-4,8H,(H,9,10);5H,1,6H2,2-4H3/q;+1/p-1. The fraction of sp³-hybridized carbons (Fsp3) is 0.308. The maximum absolute atomic E-state index is 10.2. The lowest BCUT2D eigenvalue weighted by molar-refractivity contribution is -0.864. The third-order valence-electron chi connectivity index (χ3n) is 1.80. The van der Waals surface area contributed by atoms with E-state index in [1.54, 1.807) is 6.07 Å². The number of aromatic hydroxyl groups is 1. The topological polar surface area (TPSA) is 60.4 Å². The second kappa shape index (κ2) is 6.70. The predicted molar refractivity (Wildman–Crippen MR) is 65.5 cm³/mol. The number of quaternary nitrogens is 1. The number of likely N-dealkylation sites (N-methyl/N-ethyl adjacent to an activating group) is 1. The van der Waals surface area contributed by atoms with Gasteiger partial charge in [0, 0.05) is 5.56 Å². The average molecular weight is 237 g/mol. The van der Waals surface area contributed by atoms with Gasteiger partial charge in [0.25, 0.3) is 0 Å². The van der Waals surface area contributed by atoms with E-state index in [-0.39, 0.29) is 11.3 Å². The van der Waals surface area contributed by atoms with Gasteiger partial charge in [-0.3, -0.25) is 0 Å². The molecule has 4 nitrogen and oxygen atoms in total. The Morgan fingerprint density at radius 3 is 2.18 bits per heavy atom. The van der Waals surface area contributed by atoms with Crippen molar-refractivity contribution in [1.29, 1.82) is 0 Å². The van der Waals surface area contributed by atoms with E-state index in [2.05, 4.69) is 27.7 Å². The second-order valence-corrected chi connectivity index (χ2v) is 4.57. The maximum Gasteiger partial charge on any atom is 0.124 e. The van der Waals surface area contributed by atoms with Crippen LogP contribution >= 0.6 is 0 Å². The molecule has 0 aliphatic rings. The third-order valence-corrected chi connectivity index (χ3v) is 1.80. The van der Waals surface area contributed by atoms with Gasteiger partial charge in [-0.05, 0) is 18.2 Å². The van der Waals surface area contributed by atoms with Crippen LogP contribution in [0.4, 0.5) is 0 Å². The number of aromatic carboxylic acids is 1. The van der Waals surface area contributed by atoms with Crippen LogP contribution < -0.4 is 5.11 Å². The molecule has 1 aromatic rings. The molecule has 0 aromatic heterocycles. The SMILES string of the molecule is C=CC[N+](C)(C)C.O=C([O-])c1ccccc1O. The fourth-order valence-electron chi connectivity index (χ4n) is 1.03. The van der Waals surface area contributed by atoms with Gasteiger partial charge >= 0.3 is 0 Å². The number of carboxylic acids is 1. The summed E-state index contributed by atoms with van der Waals surface area (Å²) in [6, 6.07) is 5.64. The van der Waals surface area contributed by atoms with Crippen LogP contribution in [0.3, 0.4) is 0 Å². The molecule has 0 fully saturated rings. The van der Waals surface area contributed by atoms with Crippen molar-refractivity contribution in [3.8, 4) is 5.75 Å². The van der Waals surface area contributed by atoms with Crippen molar-refractivity contribution in [3.63, 3.8) is 0 Å². The molecular weight excluding hydrogens is 218 g/mol. The Labute approximate surface area is 102 Å². The number of carbonyl (C=O) groups is 1. The van der Waals surface area contributed by atoms with Crippen LogP contribution in [0.5, 0.6) is 5.75 Å². The lowest BCUT2D eigenvalue weighted by atomic mass is 10.2. The number of rotatable bonds is 3. The van der Waals surface area contributed by atoms with Crippen LogP contribution in [0.15, 0.2) is 36.9 Å². The third kappa shape index (κ3) is 7.14. The quantitative estimate of drug-likeness (QED) is 0.619. The monoisotopic (exact) mass is 237 g/mol. The summed E-state index contributed by atoms with van der Waals surface area (Å²) < 4.78 is 0.976. The van der Waals surface area contributed by atoms with E-state index in [0.717, 1.165) is 11.0 Å². The van der Waals surface area contributed by atoms with Crippen molar-refractivity contribution < 1.29 is 19.5 Å². The van der Waals surface area contributed by atoms with E-state index in [1.165, 1.54) is 18.2 Å². The average Bonchev–Trinajstić information content (AvgIpc) is 2.16. The van der Waals surface area contributed by atoms with Gasteiger partial charge in [-0.1, -0.05) is 18.7 Å². The Kier molecular flexibility index (Phi) is 5.99. The highest BCUT2D eigenvalue weighted by atomic mass is 16.4. The molecule has 0 saturated carbocycles. The van der Waals surface area contributed by atoms with Crippen molar-refractivity contribution in [3.05, 3.63) is 42.5 Å². The summed E-state index contributed by atoms with van der Waals surface area (Å²) in [7, 11) is 6.42. The Balaban J connectivity index is 0.000000325. The van der Waals surface area contributed by atoms with Crippen molar-refractivity contribution in [2.45, 2.75) is 0 Å². The summed E-state index contributed by atoms with van der Waals surface area (Å²) in [5.74, 6) is -1.62. The van der Waals surface area contributed by atoms with Gasteiger partial charge in [0.15, 0.2) is 0 Å². The minimum atomic E-state index is -1.36. The van der Waals surface area contributed by atoms with E-state index in [9.17, 15) is 9.90 Å². The Morgan fingerprint density at radius 2 is 1.94 bits per heavy atom. The van der Waals surface area contributed by atoms with Crippen LogP contribution in [0, 0.1) is 0 Å². The van der Waals surface area contributed by atoms with Crippen molar-refractivity contribution in [1.82, 2.24) is 0 Å². The number of para-hydroxylation sites is 1. The van der Waals surface area contributed by atoms with Crippen molar-refractivity contribution >= 4 is 5.97 Å². The molecule has 94 valence electrons. The van der Waals surface area contributed by atoms with Gasteiger partial charge in [-0.2, -0.15) is 0 Å². The van der Waals surface area contributed by atoms with Crippen molar-refractivity contribution in [2.75, 3.05) is 27.7 Å². The molecule has 0 radical (unpaired) electrons. The molecule has 0 aliphatic heterocycles. The molecule has 1 aromatic carbocycles. The lowest BCUT2D eigenvalue weighted by Gasteiger charge is -2.21. The molecule has 17 heavy (non-hydrogen) atoms. The number of hydrogen-bond acceptors (Lipinski definition) is 3. The van der Waals surface area contributed by atoms with E-state index < -0.39 is 5.97 Å². The summed E-state index contributed by atoms with van der Waals surface area (Å²) in [5, 5.41) is 19.0. The molecule has 0 heterocycles. The molecule has 0 aliphatic carbocycles. The zero-order chi connectivity index (χ0) is 13.5. The molecule has 4 heteroatoms. The minimum Gasteiger partial charge on any atom is -0.545 e. The normalized spacial score (nSPS) is 10.1. The number of carboxylic acid groups (broad SMARTS) is 1. The molecule has 1 N–H and O–H groups in total.